The highest BCUT2D eigenvalue weighted by Gasteiger charge is 2.41. The van der Waals surface area contributed by atoms with Crippen molar-refractivity contribution in [1.82, 2.24) is 0 Å². The SMILES string of the molecule is NCc1occc1C1CCC2(CC1)OCCO2. The van der Waals surface area contributed by atoms with Gasteiger partial charge in [-0.15, -0.1) is 0 Å². The summed E-state index contributed by atoms with van der Waals surface area (Å²) in [5, 5.41) is 0. The molecule has 0 radical (unpaired) electrons. The van der Waals surface area contributed by atoms with E-state index in [1.54, 1.807) is 6.26 Å². The molecular weight excluding hydrogens is 218 g/mol. The summed E-state index contributed by atoms with van der Waals surface area (Å²) < 4.78 is 16.9. The Morgan fingerprint density at radius 2 is 1.94 bits per heavy atom. The first-order valence-corrected chi connectivity index (χ1v) is 6.37. The lowest BCUT2D eigenvalue weighted by Crippen LogP contribution is -2.34. The van der Waals surface area contributed by atoms with Crippen molar-refractivity contribution in [3.05, 3.63) is 23.7 Å². The maximum absolute atomic E-state index is 5.73. The van der Waals surface area contributed by atoms with Crippen LogP contribution in [0.3, 0.4) is 0 Å². The Morgan fingerprint density at radius 3 is 2.59 bits per heavy atom. The summed E-state index contributed by atoms with van der Waals surface area (Å²) in [5.41, 5.74) is 6.95. The fraction of sp³-hybridized carbons (Fsp3) is 0.692. The zero-order chi connectivity index (χ0) is 11.7. The van der Waals surface area contributed by atoms with Gasteiger partial charge in [-0.3, -0.25) is 0 Å². The van der Waals surface area contributed by atoms with Crippen molar-refractivity contribution in [2.75, 3.05) is 13.2 Å². The quantitative estimate of drug-likeness (QED) is 0.856. The zero-order valence-electron chi connectivity index (χ0n) is 9.98. The lowest BCUT2D eigenvalue weighted by atomic mass is 9.81. The zero-order valence-corrected chi connectivity index (χ0v) is 9.98. The Balaban J connectivity index is 1.68. The third kappa shape index (κ3) is 2.01. The molecule has 1 aromatic heterocycles. The van der Waals surface area contributed by atoms with Crippen molar-refractivity contribution in [2.24, 2.45) is 5.73 Å². The van der Waals surface area contributed by atoms with Gasteiger partial charge in [0.1, 0.15) is 5.76 Å². The summed E-state index contributed by atoms with van der Waals surface area (Å²) in [7, 11) is 0. The molecule has 1 saturated heterocycles. The predicted octanol–water partition coefficient (Wildman–Crippen LogP) is 2.14. The van der Waals surface area contributed by atoms with Crippen molar-refractivity contribution >= 4 is 0 Å². The highest BCUT2D eigenvalue weighted by molar-refractivity contribution is 5.22. The molecule has 4 heteroatoms. The molecule has 1 aliphatic heterocycles. The molecule has 2 aliphatic rings. The van der Waals surface area contributed by atoms with E-state index < -0.39 is 0 Å². The van der Waals surface area contributed by atoms with Crippen LogP contribution in [0.25, 0.3) is 0 Å². The maximum atomic E-state index is 5.73. The van der Waals surface area contributed by atoms with Gasteiger partial charge in [-0.25, -0.2) is 0 Å². The lowest BCUT2D eigenvalue weighted by molar-refractivity contribution is -0.178. The molecule has 0 atom stereocenters. The molecule has 4 nitrogen and oxygen atoms in total. The topological polar surface area (TPSA) is 57.6 Å². The number of ether oxygens (including phenoxy) is 2. The first-order valence-electron chi connectivity index (χ1n) is 6.37. The molecule has 1 aromatic rings. The predicted molar refractivity (Wildman–Crippen MR) is 62.4 cm³/mol. The highest BCUT2D eigenvalue weighted by atomic mass is 16.7. The minimum absolute atomic E-state index is 0.275. The van der Waals surface area contributed by atoms with Crippen molar-refractivity contribution in [3.63, 3.8) is 0 Å². The van der Waals surface area contributed by atoms with Crippen LogP contribution in [0.15, 0.2) is 16.7 Å². The monoisotopic (exact) mass is 237 g/mol. The molecule has 1 saturated carbocycles. The van der Waals surface area contributed by atoms with Crippen molar-refractivity contribution in [3.8, 4) is 0 Å². The van der Waals surface area contributed by atoms with Gasteiger partial charge in [-0.1, -0.05) is 0 Å². The smallest absolute Gasteiger partial charge is 0.168 e. The molecule has 2 N–H and O–H groups in total. The molecular formula is C13H19NO3. The largest absolute Gasteiger partial charge is 0.468 e. The molecule has 94 valence electrons. The molecule has 1 spiro atoms. The summed E-state index contributed by atoms with van der Waals surface area (Å²) in [4.78, 5) is 0. The molecule has 1 aliphatic carbocycles. The van der Waals surface area contributed by atoms with Gasteiger partial charge in [-0.2, -0.15) is 0 Å². The Labute approximate surface area is 101 Å². The average molecular weight is 237 g/mol. The maximum Gasteiger partial charge on any atom is 0.168 e. The summed E-state index contributed by atoms with van der Waals surface area (Å²) in [6.07, 6.45) is 5.88. The number of furan rings is 1. The molecule has 17 heavy (non-hydrogen) atoms. The fourth-order valence-corrected chi connectivity index (χ4v) is 3.03. The first-order chi connectivity index (χ1) is 8.33. The normalized spacial score (nSPS) is 24.5. The molecule has 0 bridgehead atoms. The minimum atomic E-state index is -0.275. The Morgan fingerprint density at radius 1 is 1.24 bits per heavy atom. The van der Waals surface area contributed by atoms with E-state index in [2.05, 4.69) is 6.07 Å². The fourth-order valence-electron chi connectivity index (χ4n) is 3.03. The standard InChI is InChI=1S/C13H19NO3/c14-9-12-11(3-6-15-12)10-1-4-13(5-2-10)16-7-8-17-13/h3,6,10H,1-2,4-5,7-9,14H2. The molecule has 0 aromatic carbocycles. The molecule has 3 rings (SSSR count). The van der Waals surface area contributed by atoms with Crippen molar-refractivity contribution in [1.29, 1.82) is 0 Å². The van der Waals surface area contributed by atoms with Gasteiger partial charge in [-0.05, 0) is 30.4 Å². The number of rotatable bonds is 2. The second-order valence-corrected chi connectivity index (χ2v) is 4.89. The van der Waals surface area contributed by atoms with E-state index in [0.29, 0.717) is 12.5 Å². The van der Waals surface area contributed by atoms with Crippen LogP contribution >= 0.6 is 0 Å². The van der Waals surface area contributed by atoms with Crippen LogP contribution < -0.4 is 5.73 Å². The van der Waals surface area contributed by atoms with Crippen molar-refractivity contribution < 1.29 is 13.9 Å². The number of hydrogen-bond donors (Lipinski definition) is 1. The second kappa shape index (κ2) is 4.44. The third-order valence-corrected chi connectivity index (χ3v) is 3.97. The van der Waals surface area contributed by atoms with Gasteiger partial charge in [0.05, 0.1) is 26.0 Å². The van der Waals surface area contributed by atoms with E-state index >= 15 is 0 Å². The lowest BCUT2D eigenvalue weighted by Gasteiger charge is -2.35. The van der Waals surface area contributed by atoms with Gasteiger partial charge in [0.2, 0.25) is 0 Å². The highest BCUT2D eigenvalue weighted by Crippen LogP contribution is 2.43. The second-order valence-electron chi connectivity index (χ2n) is 4.89. The van der Waals surface area contributed by atoms with Gasteiger partial charge < -0.3 is 19.6 Å². The van der Waals surface area contributed by atoms with E-state index in [1.807, 2.05) is 0 Å². The molecule has 2 fully saturated rings. The van der Waals surface area contributed by atoms with Crippen LogP contribution in [-0.2, 0) is 16.0 Å². The number of hydrogen-bond acceptors (Lipinski definition) is 4. The number of nitrogens with two attached hydrogens (primary N) is 1. The summed E-state index contributed by atoms with van der Waals surface area (Å²) >= 11 is 0. The van der Waals surface area contributed by atoms with E-state index in [0.717, 1.165) is 44.7 Å². The Kier molecular flexibility index (Phi) is 2.94. The molecule has 0 amide bonds. The van der Waals surface area contributed by atoms with Crippen LogP contribution in [0.4, 0.5) is 0 Å². The van der Waals surface area contributed by atoms with Gasteiger partial charge in [0.25, 0.3) is 0 Å². The van der Waals surface area contributed by atoms with Crippen LogP contribution in [0.5, 0.6) is 0 Å². The van der Waals surface area contributed by atoms with Gasteiger partial charge in [0.15, 0.2) is 5.79 Å². The van der Waals surface area contributed by atoms with Crippen LogP contribution in [-0.4, -0.2) is 19.0 Å². The molecule has 0 unspecified atom stereocenters. The summed E-state index contributed by atoms with van der Waals surface area (Å²) in [6, 6.07) is 2.06. The van der Waals surface area contributed by atoms with Crippen molar-refractivity contribution in [2.45, 2.75) is 43.9 Å². The Bertz CT molecular complexity index is 372. The molecule has 2 heterocycles. The van der Waals surface area contributed by atoms with Crippen LogP contribution in [0.2, 0.25) is 0 Å². The van der Waals surface area contributed by atoms with E-state index in [1.165, 1.54) is 5.56 Å². The van der Waals surface area contributed by atoms with E-state index in [-0.39, 0.29) is 5.79 Å². The van der Waals surface area contributed by atoms with Gasteiger partial charge >= 0.3 is 0 Å². The van der Waals surface area contributed by atoms with Crippen LogP contribution in [0, 0.1) is 0 Å². The minimum Gasteiger partial charge on any atom is -0.468 e. The third-order valence-electron chi connectivity index (χ3n) is 3.97. The van der Waals surface area contributed by atoms with Gasteiger partial charge in [0, 0.05) is 12.8 Å². The van der Waals surface area contributed by atoms with E-state index in [4.69, 9.17) is 19.6 Å². The summed E-state index contributed by atoms with van der Waals surface area (Å²) in [5.74, 6) is 1.20. The average Bonchev–Trinajstić information content (AvgIpc) is 3.00. The first kappa shape index (κ1) is 11.3. The van der Waals surface area contributed by atoms with Crippen LogP contribution in [0.1, 0.15) is 42.9 Å². The van der Waals surface area contributed by atoms with E-state index in [9.17, 15) is 0 Å². The Hall–Kier alpha value is -0.840. The summed E-state index contributed by atoms with van der Waals surface area (Å²) in [6.45, 7) is 1.96.